The van der Waals surface area contributed by atoms with Crippen LogP contribution < -0.4 is 0 Å². The second-order valence-electron chi connectivity index (χ2n) is 5.07. The van der Waals surface area contributed by atoms with Crippen molar-refractivity contribution in [1.82, 2.24) is 14.8 Å². The Morgan fingerprint density at radius 2 is 2.13 bits per heavy atom. The SMILES string of the molecule is Cn1ncc(Cl)c1C(Cc1cccnc1)OCc1ccc(Cl)s1. The quantitative estimate of drug-likeness (QED) is 0.634. The zero-order chi connectivity index (χ0) is 16.2. The first-order valence-electron chi connectivity index (χ1n) is 7.05. The van der Waals surface area contributed by atoms with Crippen molar-refractivity contribution >= 4 is 34.5 Å². The average Bonchev–Trinajstić information content (AvgIpc) is 3.11. The molecule has 0 bridgehead atoms. The molecule has 0 aliphatic rings. The van der Waals surface area contributed by atoms with Gasteiger partial charge in [0.25, 0.3) is 0 Å². The maximum Gasteiger partial charge on any atom is 0.105 e. The summed E-state index contributed by atoms with van der Waals surface area (Å²) in [5.74, 6) is 0. The maximum atomic E-state index is 6.29. The second-order valence-corrected chi connectivity index (χ2v) is 7.28. The third kappa shape index (κ3) is 4.12. The molecular weight excluding hydrogens is 353 g/mol. The highest BCUT2D eigenvalue weighted by molar-refractivity contribution is 7.16. The van der Waals surface area contributed by atoms with E-state index >= 15 is 0 Å². The molecule has 0 radical (unpaired) electrons. The van der Waals surface area contributed by atoms with Crippen LogP contribution in [0.4, 0.5) is 0 Å². The molecule has 120 valence electrons. The Labute approximate surface area is 148 Å². The molecule has 3 heterocycles. The summed E-state index contributed by atoms with van der Waals surface area (Å²) in [5, 5.41) is 4.81. The van der Waals surface area contributed by atoms with Crippen molar-refractivity contribution in [2.24, 2.45) is 7.05 Å². The Morgan fingerprint density at radius 3 is 2.74 bits per heavy atom. The lowest BCUT2D eigenvalue weighted by molar-refractivity contribution is 0.0362. The Morgan fingerprint density at radius 1 is 1.26 bits per heavy atom. The molecule has 3 rings (SSSR count). The number of aryl methyl sites for hydroxylation is 1. The molecule has 0 fully saturated rings. The molecule has 0 aromatic carbocycles. The number of nitrogens with zero attached hydrogens (tertiary/aromatic N) is 3. The molecule has 3 aromatic rings. The maximum absolute atomic E-state index is 6.29. The third-order valence-corrected chi connectivity index (χ3v) is 4.94. The van der Waals surface area contributed by atoms with E-state index < -0.39 is 0 Å². The van der Waals surface area contributed by atoms with E-state index in [-0.39, 0.29) is 6.10 Å². The highest BCUT2D eigenvalue weighted by atomic mass is 35.5. The van der Waals surface area contributed by atoms with Gasteiger partial charge in [0.05, 0.1) is 27.9 Å². The van der Waals surface area contributed by atoms with Gasteiger partial charge in [-0.25, -0.2) is 0 Å². The van der Waals surface area contributed by atoms with E-state index in [2.05, 4.69) is 10.1 Å². The minimum absolute atomic E-state index is 0.208. The van der Waals surface area contributed by atoms with E-state index in [9.17, 15) is 0 Å². The van der Waals surface area contributed by atoms with Crippen molar-refractivity contribution in [3.8, 4) is 0 Å². The Hall–Kier alpha value is -1.40. The summed E-state index contributed by atoms with van der Waals surface area (Å²) in [6.07, 6.45) is 5.69. The van der Waals surface area contributed by atoms with Gasteiger partial charge in [-0.15, -0.1) is 11.3 Å². The van der Waals surface area contributed by atoms with E-state index in [0.717, 1.165) is 20.5 Å². The molecule has 0 aliphatic heterocycles. The largest absolute Gasteiger partial charge is 0.366 e. The molecule has 0 aliphatic carbocycles. The third-order valence-electron chi connectivity index (χ3n) is 3.44. The van der Waals surface area contributed by atoms with Gasteiger partial charge in [0.15, 0.2) is 0 Å². The van der Waals surface area contributed by atoms with Crippen LogP contribution in [0.3, 0.4) is 0 Å². The van der Waals surface area contributed by atoms with E-state index in [4.69, 9.17) is 27.9 Å². The monoisotopic (exact) mass is 367 g/mol. The molecule has 7 heteroatoms. The van der Waals surface area contributed by atoms with Gasteiger partial charge in [-0.1, -0.05) is 29.3 Å². The molecule has 0 saturated carbocycles. The average molecular weight is 368 g/mol. The number of hydrogen-bond donors (Lipinski definition) is 0. The fraction of sp³-hybridized carbons (Fsp3) is 0.250. The number of pyridine rings is 1. The minimum atomic E-state index is -0.208. The topological polar surface area (TPSA) is 39.9 Å². The summed E-state index contributed by atoms with van der Waals surface area (Å²) in [6, 6.07) is 7.78. The molecular formula is C16H15Cl2N3OS. The van der Waals surface area contributed by atoms with Crippen molar-refractivity contribution in [2.75, 3.05) is 0 Å². The Balaban J connectivity index is 1.81. The summed E-state index contributed by atoms with van der Waals surface area (Å²) in [6.45, 7) is 0.476. The van der Waals surface area contributed by atoms with Crippen molar-refractivity contribution in [3.05, 3.63) is 68.3 Å². The first-order valence-corrected chi connectivity index (χ1v) is 8.63. The van der Waals surface area contributed by atoms with Crippen LogP contribution in [0.1, 0.15) is 22.2 Å². The molecule has 4 nitrogen and oxygen atoms in total. The summed E-state index contributed by atoms with van der Waals surface area (Å²) < 4.78 is 8.64. The van der Waals surface area contributed by atoms with Crippen LogP contribution in [0.5, 0.6) is 0 Å². The molecule has 0 spiro atoms. The summed E-state index contributed by atoms with van der Waals surface area (Å²) in [5.41, 5.74) is 1.94. The molecule has 1 unspecified atom stereocenters. The van der Waals surface area contributed by atoms with Crippen LogP contribution in [0.15, 0.2) is 42.9 Å². The van der Waals surface area contributed by atoms with Crippen LogP contribution in [0.2, 0.25) is 9.36 Å². The summed E-state index contributed by atoms with van der Waals surface area (Å²) >= 11 is 13.8. The highest BCUT2D eigenvalue weighted by Crippen LogP contribution is 2.30. The van der Waals surface area contributed by atoms with Crippen LogP contribution in [0, 0.1) is 0 Å². The molecule has 3 aromatic heterocycles. The molecule has 23 heavy (non-hydrogen) atoms. The molecule has 1 atom stereocenters. The first kappa shape index (κ1) is 16.5. The van der Waals surface area contributed by atoms with Crippen LogP contribution in [-0.2, 0) is 24.8 Å². The van der Waals surface area contributed by atoms with E-state index in [0.29, 0.717) is 18.1 Å². The molecule has 0 amide bonds. The zero-order valence-corrected chi connectivity index (χ0v) is 14.8. The second kappa shape index (κ2) is 7.45. The van der Waals surface area contributed by atoms with Crippen LogP contribution in [-0.4, -0.2) is 14.8 Å². The smallest absolute Gasteiger partial charge is 0.105 e. The first-order chi connectivity index (χ1) is 11.1. The lowest BCUT2D eigenvalue weighted by Crippen LogP contribution is -2.13. The lowest BCUT2D eigenvalue weighted by Gasteiger charge is -2.18. The number of rotatable bonds is 6. The van der Waals surface area contributed by atoms with Crippen molar-refractivity contribution in [1.29, 1.82) is 0 Å². The van der Waals surface area contributed by atoms with E-state index in [1.165, 1.54) is 11.3 Å². The summed E-state index contributed by atoms with van der Waals surface area (Å²) in [4.78, 5) is 5.23. The van der Waals surface area contributed by atoms with E-state index in [1.54, 1.807) is 17.1 Å². The number of aromatic nitrogens is 3. The zero-order valence-electron chi connectivity index (χ0n) is 12.4. The normalized spacial score (nSPS) is 12.5. The number of halogens is 2. The standard InChI is InChI=1S/C16H15Cl2N3OS/c1-21-16(13(17)9-20-21)14(7-11-3-2-6-19-8-11)22-10-12-4-5-15(18)23-12/h2-6,8-9,14H,7,10H2,1H3. The van der Waals surface area contributed by atoms with Gasteiger partial charge in [0.2, 0.25) is 0 Å². The van der Waals surface area contributed by atoms with E-state index in [1.807, 2.05) is 37.5 Å². The van der Waals surface area contributed by atoms with Gasteiger partial charge in [0.1, 0.15) is 6.10 Å². The number of hydrogen-bond acceptors (Lipinski definition) is 4. The summed E-state index contributed by atoms with van der Waals surface area (Å²) in [7, 11) is 1.86. The van der Waals surface area contributed by atoms with Gasteiger partial charge in [-0.3, -0.25) is 9.67 Å². The Kier molecular flexibility index (Phi) is 5.33. The van der Waals surface area contributed by atoms with Gasteiger partial charge in [-0.2, -0.15) is 5.10 Å². The fourth-order valence-corrected chi connectivity index (χ4v) is 3.66. The minimum Gasteiger partial charge on any atom is -0.366 e. The predicted octanol–water partition coefficient (Wildman–Crippen LogP) is 4.68. The fourth-order valence-electron chi connectivity index (χ4n) is 2.36. The van der Waals surface area contributed by atoms with Crippen molar-refractivity contribution in [2.45, 2.75) is 19.1 Å². The molecule has 0 N–H and O–H groups in total. The van der Waals surface area contributed by atoms with Crippen molar-refractivity contribution in [3.63, 3.8) is 0 Å². The molecule has 0 saturated heterocycles. The van der Waals surface area contributed by atoms with Gasteiger partial charge < -0.3 is 4.74 Å². The highest BCUT2D eigenvalue weighted by Gasteiger charge is 2.21. The number of thiophene rings is 1. The van der Waals surface area contributed by atoms with Gasteiger partial charge in [-0.05, 0) is 23.8 Å². The van der Waals surface area contributed by atoms with Gasteiger partial charge in [0, 0.05) is 30.7 Å². The lowest BCUT2D eigenvalue weighted by atomic mass is 10.1. The predicted molar refractivity (Wildman–Crippen MR) is 93.0 cm³/mol. The van der Waals surface area contributed by atoms with Gasteiger partial charge >= 0.3 is 0 Å². The van der Waals surface area contributed by atoms with Crippen LogP contribution in [0.25, 0.3) is 0 Å². The van der Waals surface area contributed by atoms with Crippen LogP contribution >= 0.6 is 34.5 Å². The van der Waals surface area contributed by atoms with Crippen molar-refractivity contribution < 1.29 is 4.74 Å². The number of ether oxygens (including phenoxy) is 1. The Bertz CT molecular complexity index is 753.